The number of hydrogen-bond donors (Lipinski definition) is 1. The van der Waals surface area contributed by atoms with Crippen molar-refractivity contribution < 1.29 is 23.6 Å². The van der Waals surface area contributed by atoms with Gasteiger partial charge in [0, 0.05) is 24.7 Å². The fourth-order valence-corrected chi connectivity index (χ4v) is 2.66. The lowest BCUT2D eigenvalue weighted by Crippen LogP contribution is -2.28. The first-order chi connectivity index (χ1) is 11.8. The molecule has 2 rings (SSSR count). The Balaban J connectivity index is 1.97. The number of nitrogens with zero attached hydrogens (tertiary/aromatic N) is 1. The van der Waals surface area contributed by atoms with E-state index in [2.05, 4.69) is 5.32 Å². The molecule has 0 aliphatic carbocycles. The lowest BCUT2D eigenvalue weighted by molar-refractivity contribution is -0.356. The molecule has 6 heteroatoms. The monoisotopic (exact) mass is 347 g/mol. The van der Waals surface area contributed by atoms with Crippen LogP contribution in [0.15, 0.2) is 18.2 Å². The normalized spacial score (nSPS) is 13.2. The zero-order valence-corrected chi connectivity index (χ0v) is 15.4. The Hall–Kier alpha value is -2.21. The molecule has 1 aromatic rings. The average Bonchev–Trinajstić information content (AvgIpc) is 2.95. The van der Waals surface area contributed by atoms with Crippen LogP contribution in [0.5, 0.6) is 0 Å². The van der Waals surface area contributed by atoms with Crippen molar-refractivity contribution in [1.82, 2.24) is 5.32 Å². The summed E-state index contributed by atoms with van der Waals surface area (Å²) in [6, 6.07) is 5.88. The summed E-state index contributed by atoms with van der Waals surface area (Å²) in [5, 5.41) is 3.25. The molecule has 0 aromatic heterocycles. The molecule has 136 valence electrons. The molecule has 0 bridgehead atoms. The van der Waals surface area contributed by atoms with Crippen LogP contribution >= 0.6 is 0 Å². The van der Waals surface area contributed by atoms with Gasteiger partial charge in [0.1, 0.15) is 5.60 Å². The largest absolute Gasteiger partial charge is 0.602 e. The van der Waals surface area contributed by atoms with Gasteiger partial charge in [-0.3, -0.25) is 4.79 Å². The second kappa shape index (κ2) is 8.25. The summed E-state index contributed by atoms with van der Waals surface area (Å²) < 4.78 is 11.9. The molecule has 0 saturated carbocycles. The van der Waals surface area contributed by atoms with E-state index < -0.39 is 5.60 Å². The van der Waals surface area contributed by atoms with Crippen molar-refractivity contribution in [2.45, 2.75) is 52.7 Å². The van der Waals surface area contributed by atoms with Gasteiger partial charge in [0.25, 0.3) is 0 Å². The minimum Gasteiger partial charge on any atom is -0.466 e. The van der Waals surface area contributed by atoms with Gasteiger partial charge < -0.3 is 14.8 Å². The summed E-state index contributed by atoms with van der Waals surface area (Å²) in [7, 11) is 0. The van der Waals surface area contributed by atoms with Crippen molar-refractivity contribution in [3.63, 3.8) is 0 Å². The third-order valence-electron chi connectivity index (χ3n) is 3.70. The van der Waals surface area contributed by atoms with Crippen molar-refractivity contribution in [3.8, 4) is 0 Å². The van der Waals surface area contributed by atoms with E-state index in [0.29, 0.717) is 32.5 Å². The Morgan fingerprint density at radius 1 is 1.28 bits per heavy atom. The first kappa shape index (κ1) is 19.1. The maximum Gasteiger partial charge on any atom is 0.602 e. The van der Waals surface area contributed by atoms with Gasteiger partial charge in [0.05, 0.1) is 19.4 Å². The van der Waals surface area contributed by atoms with Gasteiger partial charge in [-0.1, -0.05) is 16.7 Å². The van der Waals surface area contributed by atoms with E-state index in [0.717, 1.165) is 16.8 Å². The van der Waals surface area contributed by atoms with Gasteiger partial charge in [-0.25, -0.2) is 0 Å². The summed E-state index contributed by atoms with van der Waals surface area (Å²) in [6.07, 6.45) is 2.52. The lowest BCUT2D eigenvalue weighted by Gasteiger charge is -2.16. The van der Waals surface area contributed by atoms with Crippen molar-refractivity contribution in [1.29, 1.82) is 0 Å². The van der Waals surface area contributed by atoms with E-state index in [1.807, 2.05) is 45.2 Å². The average molecular weight is 347 g/mol. The molecule has 1 aromatic carbocycles. The zero-order valence-electron chi connectivity index (χ0n) is 15.4. The first-order valence-electron chi connectivity index (χ1n) is 8.64. The van der Waals surface area contributed by atoms with Crippen LogP contribution in [0.3, 0.4) is 0 Å². The smallest absolute Gasteiger partial charge is 0.466 e. The first-order valence-corrected chi connectivity index (χ1v) is 8.64. The molecule has 0 atom stereocenters. The number of esters is 1. The van der Waals surface area contributed by atoms with Crippen LogP contribution in [0.1, 0.15) is 45.2 Å². The molecular formula is C19H27N2O4+. The van der Waals surface area contributed by atoms with Crippen LogP contribution in [-0.4, -0.2) is 41.6 Å². The van der Waals surface area contributed by atoms with Gasteiger partial charge in [-0.15, -0.1) is 0 Å². The SMILES string of the molecule is CCOC(=O)CCNCc1cccc2c1CC=[N+]2C(=O)OC(C)(C)C. The van der Waals surface area contributed by atoms with E-state index in [1.54, 1.807) is 11.5 Å². The molecule has 25 heavy (non-hydrogen) atoms. The molecule has 0 saturated heterocycles. The molecule has 0 spiro atoms. The van der Waals surface area contributed by atoms with Crippen LogP contribution in [-0.2, 0) is 27.2 Å². The lowest BCUT2D eigenvalue weighted by atomic mass is 10.0. The Labute approximate surface area is 148 Å². The van der Waals surface area contributed by atoms with Crippen molar-refractivity contribution in [2.24, 2.45) is 0 Å². The summed E-state index contributed by atoms with van der Waals surface area (Å²) >= 11 is 0. The standard InChI is InChI=1S/C19H27N2O4/c1-5-24-17(22)9-11-20-13-14-7-6-8-16-15(14)10-12-21(16)18(23)25-19(2,3)4/h6-8,12,20H,5,9-11,13H2,1-4H3/q+1. The van der Waals surface area contributed by atoms with Gasteiger partial charge in [0.15, 0.2) is 6.21 Å². The third-order valence-corrected chi connectivity index (χ3v) is 3.70. The van der Waals surface area contributed by atoms with Gasteiger partial charge in [-0.2, -0.15) is 4.79 Å². The van der Waals surface area contributed by atoms with Crippen LogP contribution in [0.4, 0.5) is 10.5 Å². The number of hydrogen-bond acceptors (Lipinski definition) is 5. The van der Waals surface area contributed by atoms with Gasteiger partial charge in [0.2, 0.25) is 5.69 Å². The molecule has 0 radical (unpaired) electrons. The zero-order chi connectivity index (χ0) is 18.4. The predicted octanol–water partition coefficient (Wildman–Crippen LogP) is 2.94. The van der Waals surface area contributed by atoms with Crippen molar-refractivity contribution in [2.75, 3.05) is 13.2 Å². The molecule has 0 unspecified atom stereocenters. The van der Waals surface area contributed by atoms with Crippen molar-refractivity contribution >= 4 is 24.0 Å². The van der Waals surface area contributed by atoms with Crippen LogP contribution < -0.4 is 5.32 Å². The minimum atomic E-state index is -0.528. The summed E-state index contributed by atoms with van der Waals surface area (Å²) in [5.41, 5.74) is 2.56. The second-order valence-corrected chi connectivity index (χ2v) is 6.88. The minimum absolute atomic E-state index is 0.197. The Kier molecular flexibility index (Phi) is 6.31. The van der Waals surface area contributed by atoms with E-state index in [-0.39, 0.29) is 12.1 Å². The number of ether oxygens (including phenoxy) is 2. The molecular weight excluding hydrogens is 320 g/mol. The summed E-state index contributed by atoms with van der Waals surface area (Å²) in [4.78, 5) is 23.7. The van der Waals surface area contributed by atoms with Crippen LogP contribution in [0.2, 0.25) is 0 Å². The number of rotatable bonds is 6. The van der Waals surface area contributed by atoms with Gasteiger partial charge >= 0.3 is 12.1 Å². The third kappa shape index (κ3) is 5.39. The van der Waals surface area contributed by atoms with E-state index in [9.17, 15) is 9.59 Å². The second-order valence-electron chi connectivity index (χ2n) is 6.88. The fourth-order valence-electron chi connectivity index (χ4n) is 2.66. The molecule has 1 N–H and O–H groups in total. The highest BCUT2D eigenvalue weighted by Gasteiger charge is 2.34. The molecule has 1 heterocycles. The maximum absolute atomic E-state index is 12.3. The predicted molar refractivity (Wildman–Crippen MR) is 95.3 cm³/mol. The number of carbonyl (C=O) groups excluding carboxylic acids is 2. The highest BCUT2D eigenvalue weighted by molar-refractivity contribution is 5.78. The fraction of sp³-hybridized carbons (Fsp3) is 0.526. The number of nitrogens with one attached hydrogen (secondary N) is 1. The van der Waals surface area contributed by atoms with Crippen LogP contribution in [0.25, 0.3) is 0 Å². The van der Waals surface area contributed by atoms with E-state index in [4.69, 9.17) is 9.47 Å². The van der Waals surface area contributed by atoms with Crippen molar-refractivity contribution in [3.05, 3.63) is 29.3 Å². The molecule has 1 aliphatic rings. The Bertz CT molecular complexity index is 674. The van der Waals surface area contributed by atoms with Gasteiger partial charge in [-0.05, 0) is 33.3 Å². The highest BCUT2D eigenvalue weighted by Crippen LogP contribution is 2.28. The molecule has 6 nitrogen and oxygen atoms in total. The van der Waals surface area contributed by atoms with E-state index in [1.165, 1.54) is 0 Å². The number of benzene rings is 1. The summed E-state index contributed by atoms with van der Waals surface area (Å²) in [6.45, 7) is 8.96. The highest BCUT2D eigenvalue weighted by atomic mass is 16.6. The van der Waals surface area contributed by atoms with E-state index >= 15 is 0 Å². The Morgan fingerprint density at radius 2 is 2.04 bits per heavy atom. The topological polar surface area (TPSA) is 67.6 Å². The number of amides is 1. The molecule has 1 amide bonds. The summed E-state index contributed by atoms with van der Waals surface area (Å²) in [5.74, 6) is -0.197. The molecule has 1 aliphatic heterocycles. The quantitative estimate of drug-likeness (QED) is 0.487. The maximum atomic E-state index is 12.3. The van der Waals surface area contributed by atoms with Crippen LogP contribution in [0, 0.1) is 0 Å². The molecule has 0 fully saturated rings. The Morgan fingerprint density at radius 3 is 2.72 bits per heavy atom. The number of carbonyl (C=O) groups is 2. The number of fused-ring (bicyclic) bond motifs is 1.